The molecule has 1 saturated carbocycles. The summed E-state index contributed by atoms with van der Waals surface area (Å²) in [5.74, 6) is 0.531. The molecule has 0 aromatic carbocycles. The fourth-order valence-corrected chi connectivity index (χ4v) is 3.54. The van der Waals surface area contributed by atoms with Gasteiger partial charge in [-0.3, -0.25) is 4.79 Å². The van der Waals surface area contributed by atoms with Crippen LogP contribution in [0.1, 0.15) is 45.4 Å². The normalized spacial score (nSPS) is 38.4. The zero-order valence-corrected chi connectivity index (χ0v) is 11.7. The molecule has 4 heteroatoms. The van der Waals surface area contributed by atoms with Crippen molar-refractivity contribution in [3.8, 4) is 0 Å². The van der Waals surface area contributed by atoms with E-state index in [0.29, 0.717) is 6.04 Å². The van der Waals surface area contributed by atoms with Crippen LogP contribution < -0.4 is 5.73 Å². The van der Waals surface area contributed by atoms with Gasteiger partial charge in [0.25, 0.3) is 0 Å². The Kier molecular flexibility index (Phi) is 4.28. The van der Waals surface area contributed by atoms with E-state index in [2.05, 4.69) is 11.8 Å². The highest BCUT2D eigenvalue weighted by atomic mass is 16.5. The monoisotopic (exact) mass is 254 g/mol. The largest absolute Gasteiger partial charge is 0.468 e. The summed E-state index contributed by atoms with van der Waals surface area (Å²) in [6, 6.07) is 0.464. The molecule has 0 spiro atoms. The summed E-state index contributed by atoms with van der Waals surface area (Å²) >= 11 is 0. The van der Waals surface area contributed by atoms with Gasteiger partial charge in [0.05, 0.1) is 7.11 Å². The molecule has 1 saturated heterocycles. The Morgan fingerprint density at radius 2 is 2.17 bits per heavy atom. The molecule has 2 rings (SSSR count). The molecule has 18 heavy (non-hydrogen) atoms. The standard InChI is InChI=1S/C14H26N2O2/c1-11-5-4-8-16(10-11)12-6-3-7-14(15,9-12)13(17)18-2/h11-12H,3-10,15H2,1-2H3. The number of nitrogens with two attached hydrogens (primary N) is 1. The van der Waals surface area contributed by atoms with Crippen LogP contribution in [0.5, 0.6) is 0 Å². The molecule has 0 aromatic heterocycles. The maximum Gasteiger partial charge on any atom is 0.325 e. The summed E-state index contributed by atoms with van der Waals surface area (Å²) in [6.45, 7) is 4.62. The molecule has 4 nitrogen and oxygen atoms in total. The number of methoxy groups -OCH3 is 1. The van der Waals surface area contributed by atoms with E-state index < -0.39 is 5.54 Å². The topological polar surface area (TPSA) is 55.6 Å². The molecular formula is C14H26N2O2. The first-order chi connectivity index (χ1) is 8.55. The fraction of sp³-hybridized carbons (Fsp3) is 0.929. The van der Waals surface area contributed by atoms with Gasteiger partial charge >= 0.3 is 5.97 Å². The second kappa shape index (κ2) is 5.57. The second-order valence-electron chi connectivity index (χ2n) is 6.14. The Balaban J connectivity index is 1.99. The van der Waals surface area contributed by atoms with Gasteiger partial charge in [0.2, 0.25) is 0 Å². The lowest BCUT2D eigenvalue weighted by molar-refractivity contribution is -0.149. The number of carbonyl (C=O) groups excluding carboxylic acids is 1. The number of nitrogens with zero attached hydrogens (tertiary/aromatic N) is 1. The molecule has 2 fully saturated rings. The minimum Gasteiger partial charge on any atom is -0.468 e. The number of esters is 1. The van der Waals surface area contributed by atoms with Crippen LogP contribution in [0.15, 0.2) is 0 Å². The SMILES string of the molecule is COC(=O)C1(N)CCCC(N2CCCC(C)C2)C1. The molecule has 0 amide bonds. The van der Waals surface area contributed by atoms with E-state index in [1.807, 2.05) is 0 Å². The summed E-state index contributed by atoms with van der Waals surface area (Å²) in [5, 5.41) is 0. The van der Waals surface area contributed by atoms with Gasteiger partial charge in [-0.2, -0.15) is 0 Å². The van der Waals surface area contributed by atoms with Crippen molar-refractivity contribution < 1.29 is 9.53 Å². The Hall–Kier alpha value is -0.610. The highest BCUT2D eigenvalue weighted by Crippen LogP contribution is 2.32. The fourth-order valence-electron chi connectivity index (χ4n) is 3.54. The first-order valence-electron chi connectivity index (χ1n) is 7.16. The summed E-state index contributed by atoms with van der Waals surface area (Å²) < 4.78 is 4.87. The highest BCUT2D eigenvalue weighted by Gasteiger charge is 2.42. The lowest BCUT2D eigenvalue weighted by atomic mass is 9.78. The van der Waals surface area contributed by atoms with E-state index in [1.165, 1.54) is 26.4 Å². The quantitative estimate of drug-likeness (QED) is 0.759. The molecule has 0 radical (unpaired) electrons. The van der Waals surface area contributed by atoms with Crippen LogP contribution in [0.2, 0.25) is 0 Å². The molecule has 0 aromatic rings. The van der Waals surface area contributed by atoms with Gasteiger partial charge in [-0.15, -0.1) is 0 Å². The molecule has 104 valence electrons. The van der Waals surface area contributed by atoms with E-state index in [-0.39, 0.29) is 5.97 Å². The highest BCUT2D eigenvalue weighted by molar-refractivity contribution is 5.80. The van der Waals surface area contributed by atoms with Crippen molar-refractivity contribution in [3.05, 3.63) is 0 Å². The maximum absolute atomic E-state index is 11.8. The van der Waals surface area contributed by atoms with E-state index >= 15 is 0 Å². The number of ether oxygens (including phenoxy) is 1. The van der Waals surface area contributed by atoms with Gasteiger partial charge < -0.3 is 15.4 Å². The zero-order chi connectivity index (χ0) is 13.2. The van der Waals surface area contributed by atoms with Crippen molar-refractivity contribution in [1.29, 1.82) is 0 Å². The van der Waals surface area contributed by atoms with E-state index in [1.54, 1.807) is 0 Å². The van der Waals surface area contributed by atoms with Crippen molar-refractivity contribution in [3.63, 3.8) is 0 Å². The predicted molar refractivity (Wildman–Crippen MR) is 71.2 cm³/mol. The van der Waals surface area contributed by atoms with Crippen LogP contribution in [-0.4, -0.2) is 42.6 Å². The molecule has 1 aliphatic carbocycles. The molecule has 3 atom stereocenters. The van der Waals surface area contributed by atoms with E-state index in [0.717, 1.165) is 38.3 Å². The van der Waals surface area contributed by atoms with Crippen LogP contribution >= 0.6 is 0 Å². The van der Waals surface area contributed by atoms with Gasteiger partial charge in [0.15, 0.2) is 0 Å². The third-order valence-electron chi connectivity index (χ3n) is 4.56. The smallest absolute Gasteiger partial charge is 0.325 e. The number of hydrogen-bond donors (Lipinski definition) is 1. The van der Waals surface area contributed by atoms with Crippen molar-refractivity contribution in [2.45, 2.75) is 57.0 Å². The van der Waals surface area contributed by atoms with Gasteiger partial charge in [-0.05, 0) is 51.0 Å². The van der Waals surface area contributed by atoms with Gasteiger partial charge in [-0.1, -0.05) is 6.92 Å². The Morgan fingerprint density at radius 3 is 2.83 bits per heavy atom. The Morgan fingerprint density at radius 1 is 1.39 bits per heavy atom. The van der Waals surface area contributed by atoms with Crippen LogP contribution in [0.4, 0.5) is 0 Å². The Bertz CT molecular complexity index is 308. The van der Waals surface area contributed by atoms with Crippen molar-refractivity contribution >= 4 is 5.97 Å². The van der Waals surface area contributed by atoms with Crippen molar-refractivity contribution in [2.75, 3.05) is 20.2 Å². The minimum absolute atomic E-state index is 0.239. The molecule has 2 aliphatic rings. The third-order valence-corrected chi connectivity index (χ3v) is 4.56. The van der Waals surface area contributed by atoms with Crippen LogP contribution in [0.25, 0.3) is 0 Å². The van der Waals surface area contributed by atoms with Crippen molar-refractivity contribution in [1.82, 2.24) is 4.90 Å². The maximum atomic E-state index is 11.8. The first kappa shape index (κ1) is 13.8. The predicted octanol–water partition coefficient (Wildman–Crippen LogP) is 1.53. The van der Waals surface area contributed by atoms with E-state index in [4.69, 9.17) is 10.5 Å². The van der Waals surface area contributed by atoms with Gasteiger partial charge in [0, 0.05) is 12.6 Å². The molecule has 1 aliphatic heterocycles. The second-order valence-corrected chi connectivity index (χ2v) is 6.14. The number of hydrogen-bond acceptors (Lipinski definition) is 4. The average Bonchev–Trinajstić information content (AvgIpc) is 2.38. The van der Waals surface area contributed by atoms with E-state index in [9.17, 15) is 4.79 Å². The molecule has 0 bridgehead atoms. The average molecular weight is 254 g/mol. The van der Waals surface area contributed by atoms with Gasteiger partial charge in [-0.25, -0.2) is 0 Å². The number of piperidine rings is 1. The summed E-state index contributed by atoms with van der Waals surface area (Å²) in [6.07, 6.45) is 6.32. The molecule has 3 unspecified atom stereocenters. The number of likely N-dealkylation sites (tertiary alicyclic amines) is 1. The third kappa shape index (κ3) is 2.86. The van der Waals surface area contributed by atoms with Gasteiger partial charge in [0.1, 0.15) is 5.54 Å². The summed E-state index contributed by atoms with van der Waals surface area (Å²) in [7, 11) is 1.43. The van der Waals surface area contributed by atoms with Crippen LogP contribution in [0, 0.1) is 5.92 Å². The van der Waals surface area contributed by atoms with Crippen molar-refractivity contribution in [2.24, 2.45) is 11.7 Å². The number of rotatable bonds is 2. The lowest BCUT2D eigenvalue weighted by Crippen LogP contribution is -2.57. The summed E-state index contributed by atoms with van der Waals surface area (Å²) in [5.41, 5.74) is 5.49. The Labute approximate surface area is 110 Å². The molecule has 1 heterocycles. The summed E-state index contributed by atoms with van der Waals surface area (Å²) in [4.78, 5) is 14.4. The van der Waals surface area contributed by atoms with Crippen LogP contribution in [0.3, 0.4) is 0 Å². The van der Waals surface area contributed by atoms with Crippen LogP contribution in [-0.2, 0) is 9.53 Å². The minimum atomic E-state index is -0.752. The molecular weight excluding hydrogens is 228 g/mol. The molecule has 2 N–H and O–H groups in total. The zero-order valence-electron chi connectivity index (χ0n) is 11.7. The number of carbonyl (C=O) groups is 1. The lowest BCUT2D eigenvalue weighted by Gasteiger charge is -2.43. The first-order valence-corrected chi connectivity index (χ1v) is 7.16.